The maximum atomic E-state index is 13.8. The number of carbonyl (C=O) groups is 1. The Morgan fingerprint density at radius 1 is 1.09 bits per heavy atom. The molecule has 0 radical (unpaired) electrons. The van der Waals surface area contributed by atoms with Gasteiger partial charge in [0.1, 0.15) is 0 Å². The molecule has 0 aromatic heterocycles. The first-order valence-electron chi connectivity index (χ1n) is 8.25. The molecule has 2 heterocycles. The molecule has 1 saturated carbocycles. The summed E-state index contributed by atoms with van der Waals surface area (Å²) < 4.78 is 27.5. The minimum Gasteiger partial charge on any atom is -0.342 e. The molecule has 4 rings (SSSR count). The van der Waals surface area contributed by atoms with E-state index < -0.39 is 11.3 Å². The summed E-state index contributed by atoms with van der Waals surface area (Å²) in [6.07, 6.45) is 1.52. The zero-order chi connectivity index (χ0) is 16.5. The Labute approximate surface area is 134 Å². The lowest BCUT2D eigenvalue weighted by molar-refractivity contribution is -0.120. The molecule has 4 nitrogen and oxygen atoms in total. The Hall–Kier alpha value is -1.59. The summed E-state index contributed by atoms with van der Waals surface area (Å²) in [6, 6.07) is 0. The number of azo groups is 1. The molecule has 1 fully saturated rings. The Balaban J connectivity index is 1.82. The van der Waals surface area contributed by atoms with Crippen molar-refractivity contribution in [2.45, 2.75) is 58.3 Å². The lowest BCUT2D eigenvalue weighted by Gasteiger charge is -2.48. The monoisotopic (exact) mass is 321 g/mol. The van der Waals surface area contributed by atoms with Crippen molar-refractivity contribution in [3.8, 4) is 0 Å². The SMILES string of the molecule is CC1(C)CC(=O)C2=C(C1)NC1=C(CN=N1)C21CCC(F)(F)CC1. The van der Waals surface area contributed by atoms with Gasteiger partial charge in [0.2, 0.25) is 5.92 Å². The molecule has 2 aliphatic heterocycles. The molecule has 0 amide bonds. The van der Waals surface area contributed by atoms with Crippen LogP contribution in [0.5, 0.6) is 0 Å². The molecule has 0 unspecified atom stereocenters. The highest BCUT2D eigenvalue weighted by atomic mass is 19.3. The van der Waals surface area contributed by atoms with Crippen LogP contribution in [0.15, 0.2) is 32.9 Å². The lowest BCUT2D eigenvalue weighted by atomic mass is 9.58. The maximum Gasteiger partial charge on any atom is 0.248 e. The molecule has 1 spiro atoms. The fraction of sp³-hybridized carbons (Fsp3) is 0.706. The second kappa shape index (κ2) is 4.48. The number of fused-ring (bicyclic) bond motifs is 2. The van der Waals surface area contributed by atoms with Gasteiger partial charge in [0.15, 0.2) is 11.6 Å². The summed E-state index contributed by atoms with van der Waals surface area (Å²) in [5.74, 6) is -1.83. The highest BCUT2D eigenvalue weighted by Crippen LogP contribution is 2.58. The number of alkyl halides is 2. The van der Waals surface area contributed by atoms with Crippen molar-refractivity contribution in [1.82, 2.24) is 5.32 Å². The number of rotatable bonds is 0. The van der Waals surface area contributed by atoms with Gasteiger partial charge in [0, 0.05) is 41.5 Å². The summed E-state index contributed by atoms with van der Waals surface area (Å²) in [6.45, 7) is 4.55. The average molecular weight is 321 g/mol. The number of nitrogens with one attached hydrogen (secondary N) is 1. The van der Waals surface area contributed by atoms with Crippen molar-refractivity contribution in [3.05, 3.63) is 22.7 Å². The highest BCUT2D eigenvalue weighted by Gasteiger charge is 2.54. The number of Topliss-reactive ketones (excluding diaryl/α,β-unsaturated/α-hetero) is 1. The molecular weight excluding hydrogens is 300 g/mol. The fourth-order valence-corrected chi connectivity index (χ4v) is 4.66. The largest absolute Gasteiger partial charge is 0.342 e. The fourth-order valence-electron chi connectivity index (χ4n) is 4.66. The lowest BCUT2D eigenvalue weighted by Crippen LogP contribution is -2.46. The van der Waals surface area contributed by atoms with Crippen molar-refractivity contribution in [1.29, 1.82) is 0 Å². The van der Waals surface area contributed by atoms with Crippen LogP contribution < -0.4 is 5.32 Å². The number of halogens is 2. The van der Waals surface area contributed by atoms with Gasteiger partial charge in [-0.05, 0) is 24.7 Å². The van der Waals surface area contributed by atoms with Crippen LogP contribution >= 0.6 is 0 Å². The summed E-state index contributed by atoms with van der Waals surface area (Å²) in [5.41, 5.74) is 1.89. The molecular formula is C17H21F2N3O. The average Bonchev–Trinajstić information content (AvgIpc) is 2.88. The minimum absolute atomic E-state index is 0.104. The van der Waals surface area contributed by atoms with E-state index in [9.17, 15) is 13.6 Å². The van der Waals surface area contributed by atoms with Crippen LogP contribution in [0.1, 0.15) is 52.4 Å². The van der Waals surface area contributed by atoms with Crippen molar-refractivity contribution >= 4 is 5.78 Å². The van der Waals surface area contributed by atoms with Gasteiger partial charge < -0.3 is 5.32 Å². The molecule has 1 N–H and O–H groups in total. The first-order chi connectivity index (χ1) is 10.7. The first-order valence-corrected chi connectivity index (χ1v) is 8.25. The van der Waals surface area contributed by atoms with Gasteiger partial charge in [-0.3, -0.25) is 4.79 Å². The molecule has 124 valence electrons. The summed E-state index contributed by atoms with van der Waals surface area (Å²) in [4.78, 5) is 12.9. The normalized spacial score (nSPS) is 30.3. The van der Waals surface area contributed by atoms with Crippen LogP contribution in [0.25, 0.3) is 0 Å². The van der Waals surface area contributed by atoms with E-state index >= 15 is 0 Å². The van der Waals surface area contributed by atoms with E-state index in [-0.39, 0.29) is 24.0 Å². The number of nitrogens with zero attached hydrogens (tertiary/aromatic N) is 2. The summed E-state index contributed by atoms with van der Waals surface area (Å²) in [7, 11) is 0. The molecule has 0 aromatic carbocycles. The molecule has 6 heteroatoms. The van der Waals surface area contributed by atoms with E-state index in [0.717, 1.165) is 23.3 Å². The van der Waals surface area contributed by atoms with E-state index in [0.29, 0.717) is 31.6 Å². The number of dihydropyridines is 1. The van der Waals surface area contributed by atoms with Gasteiger partial charge in [0.05, 0.1) is 6.54 Å². The van der Waals surface area contributed by atoms with Crippen molar-refractivity contribution in [2.24, 2.45) is 21.1 Å². The molecule has 2 aliphatic carbocycles. The molecule has 0 bridgehead atoms. The zero-order valence-electron chi connectivity index (χ0n) is 13.5. The topological polar surface area (TPSA) is 53.8 Å². The first kappa shape index (κ1) is 15.0. The van der Waals surface area contributed by atoms with Gasteiger partial charge in [-0.25, -0.2) is 8.78 Å². The number of ketones is 1. The molecule has 23 heavy (non-hydrogen) atoms. The highest BCUT2D eigenvalue weighted by molar-refractivity contribution is 6.00. The smallest absolute Gasteiger partial charge is 0.248 e. The third kappa shape index (κ3) is 2.17. The van der Waals surface area contributed by atoms with E-state index in [1.807, 2.05) is 0 Å². The molecule has 0 saturated heterocycles. The van der Waals surface area contributed by atoms with Crippen LogP contribution in [0.4, 0.5) is 8.78 Å². The van der Waals surface area contributed by atoms with E-state index in [4.69, 9.17) is 0 Å². The van der Waals surface area contributed by atoms with Crippen molar-refractivity contribution < 1.29 is 13.6 Å². The van der Waals surface area contributed by atoms with Crippen LogP contribution in [0.3, 0.4) is 0 Å². The van der Waals surface area contributed by atoms with Crippen LogP contribution in [0.2, 0.25) is 0 Å². The number of allylic oxidation sites excluding steroid dienone is 2. The zero-order valence-corrected chi connectivity index (χ0v) is 13.5. The Morgan fingerprint density at radius 2 is 1.78 bits per heavy atom. The standard InChI is InChI=1S/C17H21F2N3O/c1-15(2)7-11-13(12(23)8-15)16(3-5-17(18,19)6-4-16)10-9-20-22-14(10)21-11/h21H,3-9H2,1-2H3. The Morgan fingerprint density at radius 3 is 2.48 bits per heavy atom. The number of hydrogen-bond donors (Lipinski definition) is 1. The maximum absolute atomic E-state index is 13.8. The second-order valence-corrected chi connectivity index (χ2v) is 8.08. The van der Waals surface area contributed by atoms with E-state index in [1.165, 1.54) is 0 Å². The molecule has 0 atom stereocenters. The summed E-state index contributed by atoms with van der Waals surface area (Å²) in [5, 5.41) is 11.6. The van der Waals surface area contributed by atoms with Gasteiger partial charge in [0.25, 0.3) is 0 Å². The van der Waals surface area contributed by atoms with Gasteiger partial charge in [-0.2, -0.15) is 5.11 Å². The van der Waals surface area contributed by atoms with Crippen molar-refractivity contribution in [2.75, 3.05) is 6.54 Å². The molecule has 0 aromatic rings. The van der Waals surface area contributed by atoms with Gasteiger partial charge in [-0.1, -0.05) is 13.8 Å². The predicted octanol–water partition coefficient (Wildman–Crippen LogP) is 4.11. The van der Waals surface area contributed by atoms with Gasteiger partial charge in [-0.15, -0.1) is 5.11 Å². The Bertz CT molecular complexity index is 678. The van der Waals surface area contributed by atoms with E-state index in [2.05, 4.69) is 29.4 Å². The van der Waals surface area contributed by atoms with Crippen LogP contribution in [-0.2, 0) is 4.79 Å². The van der Waals surface area contributed by atoms with Crippen LogP contribution in [0, 0.1) is 10.8 Å². The van der Waals surface area contributed by atoms with Crippen molar-refractivity contribution in [3.63, 3.8) is 0 Å². The number of carbonyl (C=O) groups excluding carboxylic acids is 1. The third-order valence-electron chi connectivity index (χ3n) is 5.72. The summed E-state index contributed by atoms with van der Waals surface area (Å²) >= 11 is 0. The quantitative estimate of drug-likeness (QED) is 0.730. The van der Waals surface area contributed by atoms with Gasteiger partial charge >= 0.3 is 0 Å². The third-order valence-corrected chi connectivity index (χ3v) is 5.72. The second-order valence-electron chi connectivity index (χ2n) is 8.08. The van der Waals surface area contributed by atoms with Crippen LogP contribution in [-0.4, -0.2) is 18.3 Å². The Kier molecular flexibility index (Phi) is 2.92. The predicted molar refractivity (Wildman–Crippen MR) is 80.8 cm³/mol. The molecule has 4 aliphatic rings. The minimum atomic E-state index is -2.62. The van der Waals surface area contributed by atoms with E-state index in [1.54, 1.807) is 0 Å². The number of hydrogen-bond acceptors (Lipinski definition) is 4.